The maximum atomic E-state index is 12.8. The molecular weight excluding hydrogens is 335 g/mol. The summed E-state index contributed by atoms with van der Waals surface area (Å²) in [5, 5.41) is 14.9. The van der Waals surface area contributed by atoms with Crippen LogP contribution in [0.15, 0.2) is 28.6 Å². The summed E-state index contributed by atoms with van der Waals surface area (Å²) < 4.78 is 13.6. The minimum absolute atomic E-state index is 0.0397. The van der Waals surface area contributed by atoms with Crippen LogP contribution < -0.4 is 10.6 Å². The maximum absolute atomic E-state index is 12.8. The molecule has 1 saturated carbocycles. The molecule has 2 aromatic rings. The number of aromatic nitrogens is 2. The Balaban J connectivity index is 1.40. The summed E-state index contributed by atoms with van der Waals surface area (Å²) in [6.45, 7) is 1.35. The molecule has 0 radical (unpaired) electrons. The zero-order valence-corrected chi connectivity index (χ0v) is 14.1. The normalized spacial score (nSPS) is 13.8. The van der Waals surface area contributed by atoms with Crippen LogP contribution in [0.4, 0.5) is 9.52 Å². The minimum atomic E-state index is -0.247. The number of nitrogens with one attached hydrogen (secondary N) is 2. The van der Waals surface area contributed by atoms with Crippen LogP contribution in [-0.2, 0) is 11.3 Å². The van der Waals surface area contributed by atoms with Crippen molar-refractivity contribution in [2.75, 3.05) is 17.6 Å². The van der Waals surface area contributed by atoms with E-state index in [4.69, 9.17) is 0 Å². The van der Waals surface area contributed by atoms with Gasteiger partial charge in [-0.2, -0.15) is 0 Å². The predicted octanol–water partition coefficient (Wildman–Crippen LogP) is 2.91. The number of anilines is 1. The lowest BCUT2D eigenvalue weighted by atomic mass is 10.2. The largest absolute Gasteiger partial charge is 0.356 e. The van der Waals surface area contributed by atoms with E-state index in [-0.39, 0.29) is 11.7 Å². The van der Waals surface area contributed by atoms with Crippen LogP contribution in [0.1, 0.15) is 18.4 Å². The van der Waals surface area contributed by atoms with Crippen LogP contribution in [0.25, 0.3) is 0 Å². The predicted molar refractivity (Wildman–Crippen MR) is 90.1 cm³/mol. The zero-order valence-electron chi connectivity index (χ0n) is 12.4. The first-order valence-electron chi connectivity index (χ1n) is 7.40. The molecule has 1 aliphatic rings. The molecule has 5 nitrogen and oxygen atoms in total. The van der Waals surface area contributed by atoms with Gasteiger partial charge in [-0.15, -0.1) is 10.2 Å². The SMILES string of the molecule is O=C(CSc1nnc(NCc2ccc(F)cc2)s1)NCC1CC1. The van der Waals surface area contributed by atoms with Gasteiger partial charge in [-0.05, 0) is 36.5 Å². The van der Waals surface area contributed by atoms with Crippen LogP contribution >= 0.6 is 23.1 Å². The minimum Gasteiger partial charge on any atom is -0.356 e. The number of amides is 1. The molecule has 23 heavy (non-hydrogen) atoms. The fraction of sp³-hybridized carbons (Fsp3) is 0.400. The van der Waals surface area contributed by atoms with E-state index in [0.29, 0.717) is 23.3 Å². The summed E-state index contributed by atoms with van der Waals surface area (Å²) >= 11 is 2.80. The van der Waals surface area contributed by atoms with Crippen LogP contribution in [0.5, 0.6) is 0 Å². The fourth-order valence-electron chi connectivity index (χ4n) is 1.88. The molecular formula is C15H17FN4OS2. The Morgan fingerprint density at radius 3 is 2.83 bits per heavy atom. The summed E-state index contributed by atoms with van der Waals surface area (Å²) in [5.41, 5.74) is 0.968. The lowest BCUT2D eigenvalue weighted by molar-refractivity contribution is -0.118. The summed E-state index contributed by atoms with van der Waals surface area (Å²) in [5.74, 6) is 0.841. The molecule has 3 rings (SSSR count). The highest BCUT2D eigenvalue weighted by atomic mass is 32.2. The Morgan fingerprint density at radius 1 is 1.30 bits per heavy atom. The molecule has 0 spiro atoms. The van der Waals surface area contributed by atoms with E-state index in [1.807, 2.05) is 0 Å². The topological polar surface area (TPSA) is 66.9 Å². The van der Waals surface area contributed by atoms with Crippen LogP contribution in [0.2, 0.25) is 0 Å². The van der Waals surface area contributed by atoms with Crippen molar-refractivity contribution in [3.63, 3.8) is 0 Å². The van der Waals surface area contributed by atoms with E-state index in [0.717, 1.165) is 16.4 Å². The summed E-state index contributed by atoms with van der Waals surface area (Å²) in [6.07, 6.45) is 2.46. The number of nitrogens with zero attached hydrogens (tertiary/aromatic N) is 2. The molecule has 1 amide bonds. The van der Waals surface area contributed by atoms with Gasteiger partial charge < -0.3 is 10.6 Å². The number of carbonyl (C=O) groups excluding carboxylic acids is 1. The van der Waals surface area contributed by atoms with Gasteiger partial charge >= 0.3 is 0 Å². The van der Waals surface area contributed by atoms with Gasteiger partial charge in [0, 0.05) is 13.1 Å². The van der Waals surface area contributed by atoms with Crippen LogP contribution in [-0.4, -0.2) is 28.4 Å². The van der Waals surface area contributed by atoms with E-state index in [9.17, 15) is 9.18 Å². The molecule has 1 heterocycles. The van der Waals surface area contributed by atoms with Crippen molar-refractivity contribution >= 4 is 34.1 Å². The lowest BCUT2D eigenvalue weighted by Gasteiger charge is -2.02. The second-order valence-electron chi connectivity index (χ2n) is 5.39. The highest BCUT2D eigenvalue weighted by molar-refractivity contribution is 8.01. The van der Waals surface area contributed by atoms with E-state index in [1.54, 1.807) is 12.1 Å². The Kier molecular flexibility index (Phi) is 5.45. The van der Waals surface area contributed by atoms with Crippen molar-refractivity contribution in [1.82, 2.24) is 15.5 Å². The van der Waals surface area contributed by atoms with Gasteiger partial charge in [-0.1, -0.05) is 35.2 Å². The lowest BCUT2D eigenvalue weighted by Crippen LogP contribution is -2.27. The quantitative estimate of drug-likeness (QED) is 0.715. The third-order valence-electron chi connectivity index (χ3n) is 3.38. The van der Waals surface area contributed by atoms with Gasteiger partial charge in [0.05, 0.1) is 5.75 Å². The van der Waals surface area contributed by atoms with Gasteiger partial charge in [0.15, 0.2) is 4.34 Å². The molecule has 1 fully saturated rings. The Hall–Kier alpha value is -1.67. The third-order valence-corrected chi connectivity index (χ3v) is 5.39. The Labute approximate surface area is 142 Å². The molecule has 1 aromatic heterocycles. The molecule has 0 aliphatic heterocycles. The number of carbonyl (C=O) groups is 1. The molecule has 8 heteroatoms. The average Bonchev–Trinajstić information content (AvgIpc) is 3.28. The summed E-state index contributed by atoms with van der Waals surface area (Å²) in [6, 6.07) is 6.31. The highest BCUT2D eigenvalue weighted by Gasteiger charge is 2.21. The molecule has 122 valence electrons. The van der Waals surface area contributed by atoms with Crippen LogP contribution in [0, 0.1) is 11.7 Å². The van der Waals surface area contributed by atoms with Gasteiger partial charge in [0.2, 0.25) is 11.0 Å². The van der Waals surface area contributed by atoms with Crippen molar-refractivity contribution in [2.45, 2.75) is 23.7 Å². The molecule has 0 saturated heterocycles. The van der Waals surface area contributed by atoms with Crippen molar-refractivity contribution in [3.8, 4) is 0 Å². The van der Waals surface area contributed by atoms with Crippen molar-refractivity contribution in [3.05, 3.63) is 35.6 Å². The van der Waals surface area contributed by atoms with Crippen molar-refractivity contribution < 1.29 is 9.18 Å². The highest BCUT2D eigenvalue weighted by Crippen LogP contribution is 2.28. The number of hydrogen-bond acceptors (Lipinski definition) is 6. The second kappa shape index (κ2) is 7.74. The second-order valence-corrected chi connectivity index (χ2v) is 7.59. The van der Waals surface area contributed by atoms with Gasteiger partial charge in [0.1, 0.15) is 5.82 Å². The number of hydrogen-bond donors (Lipinski definition) is 2. The van der Waals surface area contributed by atoms with Gasteiger partial charge in [-0.25, -0.2) is 4.39 Å². The maximum Gasteiger partial charge on any atom is 0.230 e. The first-order chi connectivity index (χ1) is 11.2. The average molecular weight is 352 g/mol. The monoisotopic (exact) mass is 352 g/mol. The standard InChI is InChI=1S/C15H17FN4OS2/c16-12-5-3-11(4-6-12)8-18-14-19-20-15(23-14)22-9-13(21)17-7-10-1-2-10/h3-6,10H,1-2,7-9H2,(H,17,21)(H,18,19). The van der Waals surface area contributed by atoms with Gasteiger partial charge in [-0.3, -0.25) is 4.79 Å². The first kappa shape index (κ1) is 16.2. The van der Waals surface area contributed by atoms with Crippen LogP contribution in [0.3, 0.4) is 0 Å². The number of rotatable bonds is 8. The van der Waals surface area contributed by atoms with E-state index < -0.39 is 0 Å². The summed E-state index contributed by atoms with van der Waals surface area (Å²) in [4.78, 5) is 11.7. The molecule has 1 aliphatic carbocycles. The molecule has 0 bridgehead atoms. The zero-order chi connectivity index (χ0) is 16.1. The number of halogens is 1. The van der Waals surface area contributed by atoms with Crippen molar-refractivity contribution in [1.29, 1.82) is 0 Å². The number of benzene rings is 1. The van der Waals surface area contributed by atoms with Gasteiger partial charge in [0.25, 0.3) is 0 Å². The Morgan fingerprint density at radius 2 is 2.09 bits per heavy atom. The van der Waals surface area contributed by atoms with E-state index in [2.05, 4.69) is 20.8 Å². The summed E-state index contributed by atoms with van der Waals surface area (Å²) in [7, 11) is 0. The Bertz CT molecular complexity index is 658. The molecule has 1 aromatic carbocycles. The molecule has 2 N–H and O–H groups in total. The number of thioether (sulfide) groups is 1. The smallest absolute Gasteiger partial charge is 0.230 e. The van der Waals surface area contributed by atoms with E-state index in [1.165, 1.54) is 48.1 Å². The fourth-order valence-corrected chi connectivity index (χ4v) is 3.46. The third kappa shape index (κ3) is 5.47. The molecule has 0 unspecified atom stereocenters. The first-order valence-corrected chi connectivity index (χ1v) is 9.20. The van der Waals surface area contributed by atoms with Crippen molar-refractivity contribution in [2.24, 2.45) is 5.92 Å². The van der Waals surface area contributed by atoms with E-state index >= 15 is 0 Å². The molecule has 0 atom stereocenters.